The van der Waals surface area contributed by atoms with E-state index in [-0.39, 0.29) is 11.9 Å². The first-order valence-electron chi connectivity index (χ1n) is 8.96. The molecule has 1 unspecified atom stereocenters. The Labute approximate surface area is 166 Å². The van der Waals surface area contributed by atoms with E-state index in [4.69, 9.17) is 9.47 Å². The average Bonchev–Trinajstić information content (AvgIpc) is 3.33. The van der Waals surface area contributed by atoms with Gasteiger partial charge in [0.25, 0.3) is 5.91 Å². The lowest BCUT2D eigenvalue weighted by molar-refractivity contribution is -0.00313. The standard InChI is InChI=1S/C19H21N5O3S/c1-12-11-28-18(20-12)16-10-27-9-8-23(16)19(25)17-13(2)24(22-21-17)14-4-6-15(26-3)7-5-14/h4-7,11,16H,8-10H2,1-3H3. The van der Waals surface area contributed by atoms with Crippen LogP contribution >= 0.6 is 11.3 Å². The quantitative estimate of drug-likeness (QED) is 0.671. The van der Waals surface area contributed by atoms with Gasteiger partial charge in [-0.2, -0.15) is 0 Å². The van der Waals surface area contributed by atoms with Crippen LogP contribution in [0.15, 0.2) is 29.6 Å². The summed E-state index contributed by atoms with van der Waals surface area (Å²) in [7, 11) is 1.62. The van der Waals surface area contributed by atoms with Crippen molar-refractivity contribution in [1.29, 1.82) is 0 Å². The Morgan fingerprint density at radius 3 is 2.75 bits per heavy atom. The number of rotatable bonds is 4. The molecular formula is C19H21N5O3S. The highest BCUT2D eigenvalue weighted by Crippen LogP contribution is 2.29. The molecular weight excluding hydrogens is 378 g/mol. The van der Waals surface area contributed by atoms with E-state index in [1.165, 1.54) is 0 Å². The molecule has 28 heavy (non-hydrogen) atoms. The van der Waals surface area contributed by atoms with Gasteiger partial charge in [0.1, 0.15) is 16.8 Å². The molecule has 0 spiro atoms. The number of hydrogen-bond acceptors (Lipinski definition) is 7. The molecule has 1 aliphatic rings. The van der Waals surface area contributed by atoms with Gasteiger partial charge in [0.15, 0.2) is 5.69 Å². The number of nitrogens with zero attached hydrogens (tertiary/aromatic N) is 5. The number of benzene rings is 1. The van der Waals surface area contributed by atoms with Gasteiger partial charge in [-0.3, -0.25) is 4.79 Å². The van der Waals surface area contributed by atoms with E-state index in [1.54, 1.807) is 28.0 Å². The highest BCUT2D eigenvalue weighted by atomic mass is 32.1. The van der Waals surface area contributed by atoms with Crippen LogP contribution < -0.4 is 4.74 Å². The molecule has 9 heteroatoms. The monoisotopic (exact) mass is 399 g/mol. The summed E-state index contributed by atoms with van der Waals surface area (Å²) in [5.41, 5.74) is 2.80. The summed E-state index contributed by atoms with van der Waals surface area (Å²) in [6.07, 6.45) is 0. The molecule has 1 aliphatic heterocycles. The molecule has 3 heterocycles. The fourth-order valence-electron chi connectivity index (χ4n) is 3.21. The van der Waals surface area contributed by atoms with Gasteiger partial charge in [-0.15, -0.1) is 16.4 Å². The molecule has 1 amide bonds. The molecule has 0 aliphatic carbocycles. The fourth-order valence-corrected chi connectivity index (χ4v) is 4.10. The molecule has 146 valence electrons. The number of amides is 1. The summed E-state index contributed by atoms with van der Waals surface area (Å²) in [4.78, 5) is 19.6. The Kier molecular flexibility index (Phi) is 5.10. The smallest absolute Gasteiger partial charge is 0.277 e. The van der Waals surface area contributed by atoms with Crippen molar-refractivity contribution < 1.29 is 14.3 Å². The zero-order valence-electron chi connectivity index (χ0n) is 16.0. The van der Waals surface area contributed by atoms with Crippen molar-refractivity contribution in [2.24, 2.45) is 0 Å². The van der Waals surface area contributed by atoms with Crippen LogP contribution in [0.4, 0.5) is 0 Å². The van der Waals surface area contributed by atoms with E-state index >= 15 is 0 Å². The molecule has 1 aromatic carbocycles. The first kappa shape index (κ1) is 18.6. The number of aryl methyl sites for hydroxylation is 1. The highest BCUT2D eigenvalue weighted by Gasteiger charge is 2.33. The molecule has 4 rings (SSSR count). The Bertz CT molecular complexity index is 982. The largest absolute Gasteiger partial charge is 0.497 e. The first-order valence-corrected chi connectivity index (χ1v) is 9.84. The normalized spacial score (nSPS) is 17.0. The number of thiazole rings is 1. The van der Waals surface area contributed by atoms with Crippen LogP contribution in [0, 0.1) is 13.8 Å². The molecule has 0 N–H and O–H groups in total. The molecule has 2 aromatic heterocycles. The lowest BCUT2D eigenvalue weighted by Gasteiger charge is -2.34. The van der Waals surface area contributed by atoms with E-state index in [0.717, 1.165) is 22.1 Å². The van der Waals surface area contributed by atoms with Gasteiger partial charge in [-0.25, -0.2) is 9.67 Å². The number of aromatic nitrogens is 4. The summed E-state index contributed by atoms with van der Waals surface area (Å²) < 4.78 is 12.5. The summed E-state index contributed by atoms with van der Waals surface area (Å²) >= 11 is 1.54. The van der Waals surface area contributed by atoms with Crippen LogP contribution in [0.3, 0.4) is 0 Å². The number of ether oxygens (including phenoxy) is 2. The van der Waals surface area contributed by atoms with Crippen LogP contribution in [0.5, 0.6) is 5.75 Å². The number of carbonyl (C=O) groups excluding carboxylic acids is 1. The second-order valence-corrected chi connectivity index (χ2v) is 7.44. The highest BCUT2D eigenvalue weighted by molar-refractivity contribution is 7.09. The van der Waals surface area contributed by atoms with Crippen molar-refractivity contribution >= 4 is 17.2 Å². The van der Waals surface area contributed by atoms with Crippen LogP contribution in [-0.4, -0.2) is 57.7 Å². The Balaban J connectivity index is 1.62. The van der Waals surface area contributed by atoms with Crippen LogP contribution in [0.1, 0.15) is 32.9 Å². The van der Waals surface area contributed by atoms with Crippen molar-refractivity contribution in [3.8, 4) is 11.4 Å². The third kappa shape index (κ3) is 3.38. The molecule has 0 bridgehead atoms. The molecule has 0 radical (unpaired) electrons. The van der Waals surface area contributed by atoms with Gasteiger partial charge in [0.2, 0.25) is 0 Å². The molecule has 1 atom stereocenters. The van der Waals surface area contributed by atoms with Gasteiger partial charge >= 0.3 is 0 Å². The second-order valence-electron chi connectivity index (χ2n) is 6.55. The fraction of sp³-hybridized carbons (Fsp3) is 0.368. The van der Waals surface area contributed by atoms with E-state index < -0.39 is 0 Å². The number of morpholine rings is 1. The van der Waals surface area contributed by atoms with Crippen molar-refractivity contribution in [2.45, 2.75) is 19.9 Å². The van der Waals surface area contributed by atoms with Gasteiger partial charge in [-0.1, -0.05) is 5.21 Å². The second kappa shape index (κ2) is 7.69. The zero-order valence-corrected chi connectivity index (χ0v) is 16.8. The van der Waals surface area contributed by atoms with Crippen LogP contribution in [0.25, 0.3) is 5.69 Å². The van der Waals surface area contributed by atoms with Gasteiger partial charge < -0.3 is 14.4 Å². The first-order chi connectivity index (χ1) is 13.6. The van der Waals surface area contributed by atoms with Crippen LogP contribution in [-0.2, 0) is 4.74 Å². The minimum absolute atomic E-state index is 0.154. The predicted molar refractivity (Wildman–Crippen MR) is 104 cm³/mol. The lowest BCUT2D eigenvalue weighted by atomic mass is 10.2. The maximum atomic E-state index is 13.3. The zero-order chi connectivity index (χ0) is 19.7. The van der Waals surface area contributed by atoms with Crippen LogP contribution in [0.2, 0.25) is 0 Å². The summed E-state index contributed by atoms with van der Waals surface area (Å²) in [5, 5.41) is 11.2. The minimum atomic E-state index is -0.203. The van der Waals surface area contributed by atoms with Crippen molar-refractivity contribution in [3.05, 3.63) is 51.7 Å². The summed E-state index contributed by atoms with van der Waals surface area (Å²) in [6, 6.07) is 7.25. The van der Waals surface area contributed by atoms with Crippen molar-refractivity contribution in [1.82, 2.24) is 24.9 Å². The summed E-state index contributed by atoms with van der Waals surface area (Å²) in [6.45, 7) is 5.22. The molecule has 1 fully saturated rings. The Morgan fingerprint density at radius 2 is 2.07 bits per heavy atom. The number of carbonyl (C=O) groups is 1. The average molecular weight is 399 g/mol. The molecule has 1 saturated heterocycles. The van der Waals surface area contributed by atoms with E-state index in [2.05, 4.69) is 15.3 Å². The van der Waals surface area contributed by atoms with E-state index in [9.17, 15) is 4.79 Å². The SMILES string of the molecule is COc1ccc(-n2nnc(C(=O)N3CCOCC3c3nc(C)cs3)c2C)cc1. The topological polar surface area (TPSA) is 82.4 Å². The van der Waals surface area contributed by atoms with E-state index in [0.29, 0.717) is 31.1 Å². The minimum Gasteiger partial charge on any atom is -0.497 e. The Hall–Kier alpha value is -2.78. The lowest BCUT2D eigenvalue weighted by Crippen LogP contribution is -2.43. The van der Waals surface area contributed by atoms with Gasteiger partial charge in [0, 0.05) is 17.6 Å². The van der Waals surface area contributed by atoms with E-state index in [1.807, 2.05) is 43.5 Å². The number of hydrogen-bond donors (Lipinski definition) is 0. The number of methoxy groups -OCH3 is 1. The molecule has 0 saturated carbocycles. The molecule has 3 aromatic rings. The molecule has 8 nitrogen and oxygen atoms in total. The summed E-state index contributed by atoms with van der Waals surface area (Å²) in [5.74, 6) is 0.603. The maximum absolute atomic E-state index is 13.3. The van der Waals surface area contributed by atoms with Crippen molar-refractivity contribution in [2.75, 3.05) is 26.9 Å². The Morgan fingerprint density at radius 1 is 1.29 bits per heavy atom. The third-order valence-electron chi connectivity index (χ3n) is 4.73. The maximum Gasteiger partial charge on any atom is 0.277 e. The van der Waals surface area contributed by atoms with Gasteiger partial charge in [-0.05, 0) is 38.1 Å². The van der Waals surface area contributed by atoms with Gasteiger partial charge in [0.05, 0.1) is 31.7 Å². The third-order valence-corrected chi connectivity index (χ3v) is 5.79. The van der Waals surface area contributed by atoms with Crippen molar-refractivity contribution in [3.63, 3.8) is 0 Å². The predicted octanol–water partition coefficient (Wildman–Crippen LogP) is 2.56.